The lowest BCUT2D eigenvalue weighted by atomic mass is 10.2. The van der Waals surface area contributed by atoms with Crippen LogP contribution in [0.3, 0.4) is 0 Å². The van der Waals surface area contributed by atoms with Crippen molar-refractivity contribution in [2.75, 3.05) is 13.2 Å². The topological polar surface area (TPSA) is 18.5 Å². The van der Waals surface area contributed by atoms with Gasteiger partial charge >= 0.3 is 0 Å². The zero-order chi connectivity index (χ0) is 13.4. The predicted molar refractivity (Wildman–Crippen MR) is 86.8 cm³/mol. The molecule has 1 aromatic rings. The van der Waals surface area contributed by atoms with Crippen LogP contribution in [0.5, 0.6) is 5.75 Å². The molecule has 1 aromatic carbocycles. The molecule has 18 heavy (non-hydrogen) atoms. The average molecular weight is 370 g/mol. The molecular formula is C12H18BrClO2SSi. The summed E-state index contributed by atoms with van der Waals surface area (Å²) in [7, 11) is 1.16. The SMILES string of the molecule is CCC([SiH3])SOCCOc1cc(CCl)ccc1Br. The highest BCUT2D eigenvalue weighted by Crippen LogP contribution is 2.26. The first kappa shape index (κ1) is 16.4. The predicted octanol–water partition coefficient (Wildman–Crippen LogP) is 3.33. The van der Waals surface area contributed by atoms with E-state index in [1.54, 1.807) is 12.0 Å². The highest BCUT2D eigenvalue weighted by molar-refractivity contribution is 9.10. The average Bonchev–Trinajstić information content (AvgIpc) is 2.40. The molecule has 0 aliphatic carbocycles. The van der Waals surface area contributed by atoms with Crippen molar-refractivity contribution in [1.82, 2.24) is 0 Å². The third-order valence-electron chi connectivity index (χ3n) is 2.38. The second-order valence-corrected chi connectivity index (χ2v) is 8.47. The summed E-state index contributed by atoms with van der Waals surface area (Å²) in [6, 6.07) is 5.88. The van der Waals surface area contributed by atoms with E-state index < -0.39 is 0 Å². The molecule has 1 unspecified atom stereocenters. The summed E-state index contributed by atoms with van der Waals surface area (Å²) in [4.78, 5) is 0.663. The molecule has 0 aliphatic heterocycles. The first-order valence-electron chi connectivity index (χ1n) is 5.92. The number of hydrogen-bond acceptors (Lipinski definition) is 3. The third kappa shape index (κ3) is 5.97. The molecule has 0 N–H and O–H groups in total. The van der Waals surface area contributed by atoms with Gasteiger partial charge in [-0.05, 0) is 52.1 Å². The van der Waals surface area contributed by atoms with Crippen molar-refractivity contribution in [2.24, 2.45) is 0 Å². The maximum absolute atomic E-state index is 5.79. The highest BCUT2D eigenvalue weighted by atomic mass is 79.9. The maximum atomic E-state index is 5.79. The maximum Gasteiger partial charge on any atom is 0.133 e. The molecule has 1 rings (SSSR count). The molecule has 0 heterocycles. The highest BCUT2D eigenvalue weighted by Gasteiger charge is 2.03. The molecular weight excluding hydrogens is 352 g/mol. The van der Waals surface area contributed by atoms with Gasteiger partial charge in [-0.2, -0.15) is 0 Å². The normalized spacial score (nSPS) is 12.6. The van der Waals surface area contributed by atoms with Crippen LogP contribution in [0.15, 0.2) is 22.7 Å². The van der Waals surface area contributed by atoms with Crippen LogP contribution >= 0.6 is 39.6 Å². The minimum absolute atomic E-state index is 0.495. The first-order chi connectivity index (χ1) is 8.67. The van der Waals surface area contributed by atoms with E-state index in [4.69, 9.17) is 20.5 Å². The second kappa shape index (κ2) is 9.26. The van der Waals surface area contributed by atoms with Crippen molar-refractivity contribution >= 4 is 49.8 Å². The Kier molecular flexibility index (Phi) is 8.42. The van der Waals surface area contributed by atoms with E-state index in [-0.39, 0.29) is 0 Å². The van der Waals surface area contributed by atoms with E-state index in [0.29, 0.717) is 24.0 Å². The number of hydrogen-bond donors (Lipinski definition) is 0. The smallest absolute Gasteiger partial charge is 0.133 e. The largest absolute Gasteiger partial charge is 0.490 e. The number of alkyl halides is 1. The number of halogens is 2. The Hall–Kier alpha value is 0.317. The van der Waals surface area contributed by atoms with E-state index in [1.165, 1.54) is 6.42 Å². The Labute approximate surface area is 130 Å². The van der Waals surface area contributed by atoms with Gasteiger partial charge in [0.05, 0.1) is 11.1 Å². The van der Waals surface area contributed by atoms with Gasteiger partial charge in [-0.3, -0.25) is 0 Å². The van der Waals surface area contributed by atoms with E-state index >= 15 is 0 Å². The Morgan fingerprint density at radius 3 is 2.89 bits per heavy atom. The molecule has 0 saturated carbocycles. The second-order valence-electron chi connectivity index (χ2n) is 3.88. The van der Waals surface area contributed by atoms with Gasteiger partial charge in [0.2, 0.25) is 0 Å². The number of ether oxygens (including phenoxy) is 1. The lowest BCUT2D eigenvalue weighted by molar-refractivity contribution is 0.237. The van der Waals surface area contributed by atoms with E-state index in [0.717, 1.165) is 26.0 Å². The fourth-order valence-electron chi connectivity index (χ4n) is 1.16. The first-order valence-corrected chi connectivity index (χ1v) is 9.21. The molecule has 2 nitrogen and oxygen atoms in total. The van der Waals surface area contributed by atoms with Gasteiger partial charge in [0, 0.05) is 21.0 Å². The quantitative estimate of drug-likeness (QED) is 0.303. The van der Waals surface area contributed by atoms with E-state index in [2.05, 4.69) is 22.9 Å². The fraction of sp³-hybridized carbons (Fsp3) is 0.500. The molecule has 1 atom stereocenters. The van der Waals surface area contributed by atoms with Crippen molar-refractivity contribution in [3.8, 4) is 5.75 Å². The van der Waals surface area contributed by atoms with Gasteiger partial charge < -0.3 is 8.92 Å². The van der Waals surface area contributed by atoms with Crippen LogP contribution in [0.2, 0.25) is 0 Å². The van der Waals surface area contributed by atoms with Crippen molar-refractivity contribution < 1.29 is 8.92 Å². The molecule has 0 aliphatic rings. The summed E-state index contributed by atoms with van der Waals surface area (Å²) in [5.41, 5.74) is 1.05. The summed E-state index contributed by atoms with van der Waals surface area (Å²) in [5, 5.41) is 0. The monoisotopic (exact) mass is 368 g/mol. The van der Waals surface area contributed by atoms with Gasteiger partial charge in [0.15, 0.2) is 0 Å². The van der Waals surface area contributed by atoms with Gasteiger partial charge in [0.1, 0.15) is 12.4 Å². The van der Waals surface area contributed by atoms with Crippen LogP contribution in [0.25, 0.3) is 0 Å². The Balaban J connectivity index is 2.30. The Morgan fingerprint density at radius 1 is 1.44 bits per heavy atom. The summed E-state index contributed by atoms with van der Waals surface area (Å²) in [6.07, 6.45) is 1.17. The Morgan fingerprint density at radius 2 is 2.22 bits per heavy atom. The number of benzene rings is 1. The molecule has 0 amide bonds. The fourth-order valence-corrected chi connectivity index (χ4v) is 2.63. The van der Waals surface area contributed by atoms with Gasteiger partial charge in [-0.1, -0.05) is 13.0 Å². The van der Waals surface area contributed by atoms with Gasteiger partial charge in [-0.25, -0.2) is 0 Å². The minimum atomic E-state index is 0.495. The van der Waals surface area contributed by atoms with Crippen molar-refractivity contribution in [2.45, 2.75) is 24.1 Å². The molecule has 0 aromatic heterocycles. The molecule has 0 fully saturated rings. The standard InChI is InChI=1S/C12H18BrClO2SSi/c1-2-12(18)17-16-6-5-15-11-7-9(8-14)3-4-10(11)13/h3-4,7,12H,2,5-6,8H2,1,18H3. The van der Waals surface area contributed by atoms with Crippen LogP contribution in [-0.4, -0.2) is 28.3 Å². The van der Waals surface area contributed by atoms with Crippen LogP contribution in [0.4, 0.5) is 0 Å². The summed E-state index contributed by atoms with van der Waals surface area (Å²) in [5.74, 6) is 1.31. The molecule has 6 heteroatoms. The van der Waals surface area contributed by atoms with Crippen molar-refractivity contribution in [1.29, 1.82) is 0 Å². The molecule has 0 radical (unpaired) electrons. The summed E-state index contributed by atoms with van der Waals surface area (Å²) >= 11 is 10.8. The van der Waals surface area contributed by atoms with Gasteiger partial charge in [-0.15, -0.1) is 11.6 Å². The zero-order valence-corrected chi connectivity index (χ0v) is 15.8. The third-order valence-corrected chi connectivity index (χ3v) is 5.70. The molecule has 0 spiro atoms. The minimum Gasteiger partial charge on any atom is -0.490 e. The number of rotatable bonds is 8. The summed E-state index contributed by atoms with van der Waals surface area (Å²) < 4.78 is 12.1. The van der Waals surface area contributed by atoms with Crippen LogP contribution in [0, 0.1) is 0 Å². The van der Waals surface area contributed by atoms with E-state index in [1.807, 2.05) is 18.2 Å². The van der Waals surface area contributed by atoms with E-state index in [9.17, 15) is 0 Å². The van der Waals surface area contributed by atoms with Crippen molar-refractivity contribution in [3.05, 3.63) is 28.2 Å². The van der Waals surface area contributed by atoms with Gasteiger partial charge in [0.25, 0.3) is 0 Å². The zero-order valence-electron chi connectivity index (χ0n) is 10.6. The van der Waals surface area contributed by atoms with Crippen molar-refractivity contribution in [3.63, 3.8) is 0 Å². The summed E-state index contributed by atoms with van der Waals surface area (Å²) in [6.45, 7) is 3.33. The lowest BCUT2D eigenvalue weighted by Crippen LogP contribution is -2.07. The molecule has 102 valence electrons. The molecule has 0 saturated heterocycles. The van der Waals surface area contributed by atoms with Crippen LogP contribution < -0.4 is 4.74 Å². The van der Waals surface area contributed by atoms with Crippen LogP contribution in [0.1, 0.15) is 18.9 Å². The van der Waals surface area contributed by atoms with Crippen LogP contribution in [-0.2, 0) is 10.1 Å². The lowest BCUT2D eigenvalue weighted by Gasteiger charge is -2.11. The Bertz CT molecular complexity index is 368. The molecule has 0 bridgehead atoms.